The lowest BCUT2D eigenvalue weighted by molar-refractivity contribution is 0.269. The minimum absolute atomic E-state index is 0.249. The summed E-state index contributed by atoms with van der Waals surface area (Å²) in [5, 5.41) is 8.71. The first-order valence-electron chi connectivity index (χ1n) is 3.48. The Hall–Kier alpha value is -0.370. The third-order valence-electron chi connectivity index (χ3n) is 1.75. The van der Waals surface area contributed by atoms with Crippen molar-refractivity contribution in [1.82, 2.24) is 0 Å². The van der Waals surface area contributed by atoms with Crippen LogP contribution >= 0.6 is 0 Å². The molecule has 9 heavy (non-hydrogen) atoms. The predicted molar refractivity (Wildman–Crippen MR) is 37.8 cm³/mol. The van der Waals surface area contributed by atoms with Gasteiger partial charge in [0.2, 0.25) is 0 Å². The summed E-state index contributed by atoms with van der Waals surface area (Å²) in [7, 11) is 0. The number of aliphatic imine (C=N–C) groups is 1. The molecule has 0 aromatic carbocycles. The van der Waals surface area contributed by atoms with E-state index in [-0.39, 0.29) is 6.61 Å². The summed E-state index contributed by atoms with van der Waals surface area (Å²) in [5.74, 6) is 0.299. The first-order chi connectivity index (χ1) is 4.34. The minimum Gasteiger partial charge on any atom is -0.396 e. The minimum atomic E-state index is 0.249. The van der Waals surface area contributed by atoms with E-state index in [4.69, 9.17) is 5.11 Å². The molecule has 1 aliphatic heterocycles. The van der Waals surface area contributed by atoms with Gasteiger partial charge in [0.1, 0.15) is 0 Å². The quantitative estimate of drug-likeness (QED) is 0.586. The molecule has 0 amide bonds. The molecule has 0 saturated carbocycles. The molecule has 1 atom stereocenters. The Balaban J connectivity index is 2.40. The third-order valence-corrected chi connectivity index (χ3v) is 1.75. The maximum absolute atomic E-state index is 8.71. The van der Waals surface area contributed by atoms with Gasteiger partial charge in [-0.2, -0.15) is 0 Å². The normalized spacial score (nSPS) is 21.8. The van der Waals surface area contributed by atoms with Gasteiger partial charge in [-0.25, -0.2) is 0 Å². The molecule has 52 valence electrons. The number of rotatable bonds is 2. The van der Waals surface area contributed by atoms with Crippen molar-refractivity contribution >= 4 is 5.71 Å². The van der Waals surface area contributed by atoms with Crippen LogP contribution < -0.4 is 0 Å². The average molecular weight is 127 g/mol. The summed E-state index contributed by atoms with van der Waals surface area (Å²) in [6, 6.07) is 0. The molecule has 0 bridgehead atoms. The molecule has 1 rings (SSSR count). The topological polar surface area (TPSA) is 32.6 Å². The molecular weight excluding hydrogens is 114 g/mol. The van der Waals surface area contributed by atoms with Crippen LogP contribution in [0.2, 0.25) is 0 Å². The van der Waals surface area contributed by atoms with E-state index in [1.54, 1.807) is 0 Å². The SMILES string of the molecule is CC(CO)C1=NCCC1. The van der Waals surface area contributed by atoms with Crippen LogP contribution in [-0.4, -0.2) is 24.0 Å². The van der Waals surface area contributed by atoms with E-state index < -0.39 is 0 Å². The Morgan fingerprint density at radius 2 is 2.56 bits per heavy atom. The van der Waals surface area contributed by atoms with Crippen LogP contribution in [-0.2, 0) is 0 Å². The van der Waals surface area contributed by atoms with Crippen LogP contribution in [0.25, 0.3) is 0 Å². The summed E-state index contributed by atoms with van der Waals surface area (Å²) >= 11 is 0. The highest BCUT2D eigenvalue weighted by Crippen LogP contribution is 2.10. The summed E-state index contributed by atoms with van der Waals surface area (Å²) < 4.78 is 0. The smallest absolute Gasteiger partial charge is 0.0508 e. The maximum Gasteiger partial charge on any atom is 0.0508 e. The van der Waals surface area contributed by atoms with Gasteiger partial charge in [-0.05, 0) is 12.8 Å². The van der Waals surface area contributed by atoms with Crippen molar-refractivity contribution in [1.29, 1.82) is 0 Å². The third kappa shape index (κ3) is 1.52. The predicted octanol–water partition coefficient (Wildman–Crippen LogP) is 0.850. The van der Waals surface area contributed by atoms with Gasteiger partial charge in [0.15, 0.2) is 0 Å². The Bertz CT molecular complexity index is 120. The van der Waals surface area contributed by atoms with E-state index in [1.807, 2.05) is 6.92 Å². The summed E-state index contributed by atoms with van der Waals surface area (Å²) in [6.07, 6.45) is 2.28. The highest BCUT2D eigenvalue weighted by molar-refractivity contribution is 5.87. The van der Waals surface area contributed by atoms with Crippen molar-refractivity contribution in [2.24, 2.45) is 10.9 Å². The second-order valence-electron chi connectivity index (χ2n) is 2.56. The van der Waals surface area contributed by atoms with Crippen molar-refractivity contribution < 1.29 is 5.11 Å². The second-order valence-corrected chi connectivity index (χ2v) is 2.56. The van der Waals surface area contributed by atoms with Crippen molar-refractivity contribution in [3.8, 4) is 0 Å². The fourth-order valence-electron chi connectivity index (χ4n) is 1.07. The van der Waals surface area contributed by atoms with Crippen molar-refractivity contribution in [2.75, 3.05) is 13.2 Å². The van der Waals surface area contributed by atoms with Crippen LogP contribution in [0, 0.1) is 5.92 Å². The summed E-state index contributed by atoms with van der Waals surface area (Å²) in [4.78, 5) is 4.26. The first-order valence-corrected chi connectivity index (χ1v) is 3.48. The number of hydrogen-bond acceptors (Lipinski definition) is 2. The molecule has 2 nitrogen and oxygen atoms in total. The van der Waals surface area contributed by atoms with Gasteiger partial charge < -0.3 is 5.11 Å². The standard InChI is InChI=1S/C7H13NO/c1-6(5-9)7-3-2-4-8-7/h6,9H,2-5H2,1H3. The maximum atomic E-state index is 8.71. The van der Waals surface area contributed by atoms with E-state index in [0.29, 0.717) is 5.92 Å². The Labute approximate surface area is 55.6 Å². The zero-order valence-electron chi connectivity index (χ0n) is 5.80. The molecule has 0 aromatic rings. The lowest BCUT2D eigenvalue weighted by Crippen LogP contribution is -2.11. The van der Waals surface area contributed by atoms with Gasteiger partial charge in [0, 0.05) is 18.2 Å². The number of aliphatic hydroxyl groups is 1. The van der Waals surface area contributed by atoms with E-state index in [0.717, 1.165) is 13.0 Å². The van der Waals surface area contributed by atoms with Crippen LogP contribution in [0.4, 0.5) is 0 Å². The largest absolute Gasteiger partial charge is 0.396 e. The summed E-state index contributed by atoms with van der Waals surface area (Å²) in [6.45, 7) is 3.24. The molecule has 1 N–H and O–H groups in total. The van der Waals surface area contributed by atoms with Crippen LogP contribution in [0.3, 0.4) is 0 Å². The molecular formula is C7H13NO. The van der Waals surface area contributed by atoms with Crippen LogP contribution in [0.15, 0.2) is 4.99 Å². The number of aliphatic hydroxyl groups excluding tert-OH is 1. The van der Waals surface area contributed by atoms with E-state index in [1.165, 1.54) is 12.1 Å². The van der Waals surface area contributed by atoms with Gasteiger partial charge in [-0.1, -0.05) is 6.92 Å². The van der Waals surface area contributed by atoms with Crippen LogP contribution in [0.5, 0.6) is 0 Å². The molecule has 0 saturated heterocycles. The molecule has 1 aliphatic rings. The zero-order chi connectivity index (χ0) is 6.69. The van der Waals surface area contributed by atoms with Crippen molar-refractivity contribution in [2.45, 2.75) is 19.8 Å². The molecule has 0 fully saturated rings. The fraction of sp³-hybridized carbons (Fsp3) is 0.857. The Morgan fingerprint density at radius 1 is 1.78 bits per heavy atom. The molecule has 0 aliphatic carbocycles. The monoisotopic (exact) mass is 127 g/mol. The molecule has 1 unspecified atom stereocenters. The average Bonchev–Trinajstić information content (AvgIpc) is 2.37. The van der Waals surface area contributed by atoms with Gasteiger partial charge in [0.05, 0.1) is 6.61 Å². The van der Waals surface area contributed by atoms with E-state index in [2.05, 4.69) is 4.99 Å². The van der Waals surface area contributed by atoms with Gasteiger partial charge >= 0.3 is 0 Å². The van der Waals surface area contributed by atoms with Gasteiger partial charge in [0.25, 0.3) is 0 Å². The van der Waals surface area contributed by atoms with Gasteiger partial charge in [-0.3, -0.25) is 4.99 Å². The van der Waals surface area contributed by atoms with Gasteiger partial charge in [-0.15, -0.1) is 0 Å². The highest BCUT2D eigenvalue weighted by Gasteiger charge is 2.12. The molecule has 2 heteroatoms. The Morgan fingerprint density at radius 3 is 3.00 bits per heavy atom. The van der Waals surface area contributed by atoms with E-state index in [9.17, 15) is 0 Å². The molecule has 0 radical (unpaired) electrons. The molecule has 0 aromatic heterocycles. The van der Waals surface area contributed by atoms with Crippen LogP contribution in [0.1, 0.15) is 19.8 Å². The molecule has 0 spiro atoms. The first kappa shape index (κ1) is 6.75. The fourth-order valence-corrected chi connectivity index (χ4v) is 1.07. The molecule has 1 heterocycles. The lowest BCUT2D eigenvalue weighted by Gasteiger charge is -2.05. The second kappa shape index (κ2) is 2.97. The Kier molecular flexibility index (Phi) is 2.22. The van der Waals surface area contributed by atoms with E-state index >= 15 is 0 Å². The zero-order valence-corrected chi connectivity index (χ0v) is 5.80. The van der Waals surface area contributed by atoms with Crippen molar-refractivity contribution in [3.05, 3.63) is 0 Å². The highest BCUT2D eigenvalue weighted by atomic mass is 16.3. The van der Waals surface area contributed by atoms with Crippen molar-refractivity contribution in [3.63, 3.8) is 0 Å². The number of nitrogens with zero attached hydrogens (tertiary/aromatic N) is 1. The number of hydrogen-bond donors (Lipinski definition) is 1. The summed E-state index contributed by atoms with van der Waals surface area (Å²) in [5.41, 5.74) is 1.21. The lowest BCUT2D eigenvalue weighted by atomic mass is 10.1.